The second kappa shape index (κ2) is 8.66. The van der Waals surface area contributed by atoms with Crippen LogP contribution in [0.1, 0.15) is 57.9 Å². The summed E-state index contributed by atoms with van der Waals surface area (Å²) in [5, 5.41) is 3.22. The molecule has 0 radical (unpaired) electrons. The number of ether oxygens (including phenoxy) is 1. The number of benzene rings is 1. The number of hydrogen-bond donors (Lipinski definition) is 1. The number of aryl methyl sites for hydroxylation is 1. The van der Waals surface area contributed by atoms with E-state index in [2.05, 4.69) is 35.3 Å². The highest BCUT2D eigenvalue weighted by Gasteiger charge is 2.25. The van der Waals surface area contributed by atoms with Gasteiger partial charge in [0.15, 0.2) is 0 Å². The van der Waals surface area contributed by atoms with Gasteiger partial charge in [-0.1, -0.05) is 19.1 Å². The number of carbonyl (C=O) groups is 1. The van der Waals surface area contributed by atoms with Crippen LogP contribution in [0.4, 0.5) is 0 Å². The third-order valence-electron chi connectivity index (χ3n) is 6.09. The van der Waals surface area contributed by atoms with Crippen molar-refractivity contribution in [3.8, 4) is 5.75 Å². The molecule has 2 atom stereocenters. The number of fused-ring (bicyclic) bond motifs is 1. The van der Waals surface area contributed by atoms with Crippen LogP contribution >= 0.6 is 11.3 Å². The SMILES string of the molecule is COc1ccc([C@H](CNC(=O)c2cc3c(s2)CC[C@@H](C)C3)N2CCCC2)cc1. The van der Waals surface area contributed by atoms with Gasteiger partial charge in [-0.2, -0.15) is 0 Å². The first-order valence-corrected chi connectivity index (χ1v) is 11.2. The van der Waals surface area contributed by atoms with Crippen LogP contribution in [0.2, 0.25) is 0 Å². The van der Waals surface area contributed by atoms with E-state index in [0.29, 0.717) is 6.54 Å². The summed E-state index contributed by atoms with van der Waals surface area (Å²) < 4.78 is 5.30. The number of methoxy groups -OCH3 is 1. The van der Waals surface area contributed by atoms with Crippen LogP contribution in [-0.2, 0) is 12.8 Å². The van der Waals surface area contributed by atoms with Crippen molar-refractivity contribution in [2.24, 2.45) is 5.92 Å². The molecule has 0 saturated carbocycles. The van der Waals surface area contributed by atoms with Crippen LogP contribution < -0.4 is 10.1 Å². The Kier molecular flexibility index (Phi) is 6.02. The standard InChI is InChI=1S/C23H30N2O2S/c1-16-5-10-21-18(13-16)14-22(28-21)23(26)24-15-20(25-11-3-4-12-25)17-6-8-19(27-2)9-7-17/h6-9,14,16,20H,3-5,10-13,15H2,1-2H3,(H,24,26)/t16-,20+/m1/s1. The Hall–Kier alpha value is -1.85. The minimum absolute atomic E-state index is 0.0739. The maximum atomic E-state index is 12.9. The molecule has 1 aliphatic heterocycles. The van der Waals surface area contributed by atoms with Gasteiger partial charge in [-0.3, -0.25) is 9.69 Å². The molecule has 1 aromatic carbocycles. The number of thiophene rings is 1. The maximum Gasteiger partial charge on any atom is 0.261 e. The van der Waals surface area contributed by atoms with E-state index in [1.165, 1.54) is 35.3 Å². The Balaban J connectivity index is 1.45. The third-order valence-corrected chi connectivity index (χ3v) is 7.33. The smallest absolute Gasteiger partial charge is 0.261 e. The van der Waals surface area contributed by atoms with E-state index in [-0.39, 0.29) is 11.9 Å². The molecular weight excluding hydrogens is 368 g/mol. The van der Waals surface area contributed by atoms with Crippen molar-refractivity contribution in [1.29, 1.82) is 0 Å². The Morgan fingerprint density at radius 1 is 1.29 bits per heavy atom. The molecule has 5 heteroatoms. The van der Waals surface area contributed by atoms with E-state index in [1.807, 2.05) is 12.1 Å². The van der Waals surface area contributed by atoms with Crippen molar-refractivity contribution in [2.75, 3.05) is 26.7 Å². The molecule has 28 heavy (non-hydrogen) atoms. The minimum Gasteiger partial charge on any atom is -0.497 e. The van der Waals surface area contributed by atoms with Crippen LogP contribution in [0.25, 0.3) is 0 Å². The van der Waals surface area contributed by atoms with Gasteiger partial charge in [-0.05, 0) is 80.4 Å². The zero-order valence-electron chi connectivity index (χ0n) is 16.9. The van der Waals surface area contributed by atoms with Crippen molar-refractivity contribution in [2.45, 2.75) is 45.1 Å². The first-order valence-electron chi connectivity index (χ1n) is 10.4. The number of amides is 1. The number of carbonyl (C=O) groups excluding carboxylic acids is 1. The lowest BCUT2D eigenvalue weighted by atomic mass is 9.90. The summed E-state index contributed by atoms with van der Waals surface area (Å²) >= 11 is 1.69. The Labute approximate surface area is 171 Å². The van der Waals surface area contributed by atoms with Gasteiger partial charge in [0.25, 0.3) is 5.91 Å². The molecule has 1 fully saturated rings. The monoisotopic (exact) mass is 398 g/mol. The third kappa shape index (κ3) is 4.26. The topological polar surface area (TPSA) is 41.6 Å². The van der Waals surface area contributed by atoms with Gasteiger partial charge in [-0.15, -0.1) is 11.3 Å². The summed E-state index contributed by atoms with van der Waals surface area (Å²) in [6, 6.07) is 10.6. The molecule has 1 N–H and O–H groups in total. The molecule has 1 aromatic heterocycles. The van der Waals surface area contributed by atoms with Crippen molar-refractivity contribution < 1.29 is 9.53 Å². The van der Waals surface area contributed by atoms with Crippen molar-refractivity contribution >= 4 is 17.2 Å². The average Bonchev–Trinajstić information content (AvgIpc) is 3.38. The minimum atomic E-state index is 0.0739. The Morgan fingerprint density at radius 2 is 2.04 bits per heavy atom. The van der Waals surface area contributed by atoms with Crippen LogP contribution in [0.5, 0.6) is 5.75 Å². The number of nitrogens with zero attached hydrogens (tertiary/aromatic N) is 1. The van der Waals surface area contributed by atoms with Gasteiger partial charge in [0.2, 0.25) is 0 Å². The van der Waals surface area contributed by atoms with Crippen molar-refractivity contribution in [3.63, 3.8) is 0 Å². The molecule has 1 amide bonds. The number of likely N-dealkylation sites (tertiary alicyclic amines) is 1. The van der Waals surface area contributed by atoms with Gasteiger partial charge in [0, 0.05) is 11.4 Å². The van der Waals surface area contributed by atoms with E-state index in [4.69, 9.17) is 4.74 Å². The first-order chi connectivity index (χ1) is 13.6. The molecule has 0 bridgehead atoms. The van der Waals surface area contributed by atoms with E-state index in [1.54, 1.807) is 18.4 Å². The molecule has 2 aromatic rings. The lowest BCUT2D eigenvalue weighted by Gasteiger charge is -2.28. The molecule has 1 saturated heterocycles. The van der Waals surface area contributed by atoms with Crippen LogP contribution in [0.15, 0.2) is 30.3 Å². The first kappa shape index (κ1) is 19.5. The molecule has 150 valence electrons. The van der Waals surface area contributed by atoms with Gasteiger partial charge >= 0.3 is 0 Å². The summed E-state index contributed by atoms with van der Waals surface area (Å²) in [7, 11) is 1.69. The highest BCUT2D eigenvalue weighted by Crippen LogP contribution is 2.32. The molecule has 2 heterocycles. The van der Waals surface area contributed by atoms with Gasteiger partial charge in [-0.25, -0.2) is 0 Å². The van der Waals surface area contributed by atoms with Crippen molar-refractivity contribution in [1.82, 2.24) is 10.2 Å². The van der Waals surface area contributed by atoms with Crippen LogP contribution in [-0.4, -0.2) is 37.6 Å². The van der Waals surface area contributed by atoms with E-state index >= 15 is 0 Å². The molecular formula is C23H30N2O2S. The number of rotatable bonds is 6. The normalized spacial score (nSPS) is 20.6. The summed E-state index contributed by atoms with van der Waals surface area (Å²) in [5.74, 6) is 1.67. The van der Waals surface area contributed by atoms with E-state index in [0.717, 1.165) is 42.5 Å². The molecule has 4 rings (SSSR count). The van der Waals surface area contributed by atoms with E-state index in [9.17, 15) is 4.79 Å². The number of hydrogen-bond acceptors (Lipinski definition) is 4. The van der Waals surface area contributed by atoms with Gasteiger partial charge in [0.05, 0.1) is 18.0 Å². The Morgan fingerprint density at radius 3 is 2.75 bits per heavy atom. The molecule has 0 unspecified atom stereocenters. The second-order valence-corrected chi connectivity index (χ2v) is 9.29. The summed E-state index contributed by atoms with van der Waals surface area (Å²) in [6.07, 6.45) is 5.94. The van der Waals surface area contributed by atoms with Gasteiger partial charge in [0.1, 0.15) is 5.75 Å². The fourth-order valence-electron chi connectivity index (χ4n) is 4.43. The highest BCUT2D eigenvalue weighted by atomic mass is 32.1. The second-order valence-electron chi connectivity index (χ2n) is 8.15. The predicted molar refractivity (Wildman–Crippen MR) is 114 cm³/mol. The average molecular weight is 399 g/mol. The lowest BCUT2D eigenvalue weighted by Crippen LogP contribution is -2.36. The Bertz CT molecular complexity index is 809. The molecule has 1 aliphatic carbocycles. The summed E-state index contributed by atoms with van der Waals surface area (Å²) in [4.78, 5) is 17.6. The summed E-state index contributed by atoms with van der Waals surface area (Å²) in [6.45, 7) is 5.13. The van der Waals surface area contributed by atoms with E-state index < -0.39 is 0 Å². The number of nitrogens with one attached hydrogen (secondary N) is 1. The highest BCUT2D eigenvalue weighted by molar-refractivity contribution is 7.14. The molecule has 0 spiro atoms. The quantitative estimate of drug-likeness (QED) is 0.782. The fourth-order valence-corrected chi connectivity index (χ4v) is 5.56. The summed E-state index contributed by atoms with van der Waals surface area (Å²) in [5.41, 5.74) is 2.63. The van der Waals surface area contributed by atoms with Crippen LogP contribution in [0, 0.1) is 5.92 Å². The predicted octanol–water partition coefficient (Wildman–Crippen LogP) is 4.45. The largest absolute Gasteiger partial charge is 0.497 e. The molecule has 4 nitrogen and oxygen atoms in total. The van der Waals surface area contributed by atoms with Crippen molar-refractivity contribution in [3.05, 3.63) is 51.2 Å². The maximum absolute atomic E-state index is 12.9. The molecule has 2 aliphatic rings. The zero-order chi connectivity index (χ0) is 19.5. The lowest BCUT2D eigenvalue weighted by molar-refractivity contribution is 0.0942. The fraction of sp³-hybridized carbons (Fsp3) is 0.522. The van der Waals surface area contributed by atoms with Crippen LogP contribution in [0.3, 0.4) is 0 Å². The van der Waals surface area contributed by atoms with Gasteiger partial charge < -0.3 is 10.1 Å². The zero-order valence-corrected chi connectivity index (χ0v) is 17.7.